The van der Waals surface area contributed by atoms with Crippen LogP contribution in [-0.2, 0) is 0 Å². The van der Waals surface area contributed by atoms with Gasteiger partial charge < -0.3 is 4.74 Å². The molecule has 0 aliphatic rings. The maximum atomic E-state index is 13.3. The molecule has 0 bridgehead atoms. The predicted octanol–water partition coefficient (Wildman–Crippen LogP) is 5.31. The second-order valence-electron chi connectivity index (χ2n) is 6.84. The minimum absolute atomic E-state index is 0.194. The van der Waals surface area contributed by atoms with Gasteiger partial charge in [-0.1, -0.05) is 35.1 Å². The predicted molar refractivity (Wildman–Crippen MR) is 128 cm³/mol. The number of hydrogen-bond donors (Lipinski definition) is 1. The highest BCUT2D eigenvalue weighted by Gasteiger charge is 2.15. The zero-order valence-corrected chi connectivity index (χ0v) is 18.4. The van der Waals surface area contributed by atoms with E-state index >= 15 is 0 Å². The number of para-hydroxylation sites is 1. The van der Waals surface area contributed by atoms with E-state index < -0.39 is 0 Å². The molecule has 0 amide bonds. The number of anilines is 2. The maximum absolute atomic E-state index is 13.3. The van der Waals surface area contributed by atoms with Crippen LogP contribution in [0.1, 0.15) is 0 Å². The molecule has 7 nitrogen and oxygen atoms in total. The number of fused-ring (bicyclic) bond motifs is 1. The Morgan fingerprint density at radius 2 is 1.72 bits per heavy atom. The second-order valence-corrected chi connectivity index (χ2v) is 8.25. The molecule has 2 heterocycles. The molecule has 5 aromatic rings. The molecule has 0 aliphatic heterocycles. The summed E-state index contributed by atoms with van der Waals surface area (Å²) in [6, 6.07) is 21.8. The lowest BCUT2D eigenvalue weighted by Crippen LogP contribution is -2.22. The molecule has 3 aromatic carbocycles. The lowest BCUT2D eigenvalue weighted by atomic mass is 10.2. The van der Waals surface area contributed by atoms with Crippen molar-refractivity contribution in [3.63, 3.8) is 0 Å². The average Bonchev–Trinajstić information content (AvgIpc) is 3.29. The van der Waals surface area contributed by atoms with E-state index in [2.05, 4.69) is 20.5 Å². The zero-order chi connectivity index (χ0) is 22.1. The van der Waals surface area contributed by atoms with Crippen LogP contribution in [0.3, 0.4) is 0 Å². The molecule has 9 heteroatoms. The van der Waals surface area contributed by atoms with Crippen molar-refractivity contribution in [2.24, 2.45) is 0 Å². The van der Waals surface area contributed by atoms with Gasteiger partial charge in [0.2, 0.25) is 11.1 Å². The molecule has 32 heavy (non-hydrogen) atoms. The number of ether oxygens (including phenoxy) is 1. The topological polar surface area (TPSA) is 81.9 Å². The summed E-state index contributed by atoms with van der Waals surface area (Å²) in [7, 11) is 1.62. The van der Waals surface area contributed by atoms with Crippen molar-refractivity contribution >= 4 is 44.9 Å². The standard InChI is InChI=1S/C23H16ClN5O2S/c1-31-17-12-6-14(7-13-17)20-27-28-23(32-20)26-22-25-19-5-3-2-4-18(19)21(30)29(22)16-10-8-15(24)9-11-16/h2-13H,1H3,(H,25,26,28). The minimum atomic E-state index is -0.194. The number of hydrogen-bond acceptors (Lipinski definition) is 7. The van der Waals surface area contributed by atoms with Crippen LogP contribution in [0.4, 0.5) is 11.1 Å². The van der Waals surface area contributed by atoms with Gasteiger partial charge in [0.1, 0.15) is 10.8 Å². The van der Waals surface area contributed by atoms with Crippen LogP contribution < -0.4 is 15.6 Å². The average molecular weight is 462 g/mol. The molecule has 0 fully saturated rings. The molecule has 158 valence electrons. The van der Waals surface area contributed by atoms with Crippen LogP contribution in [-0.4, -0.2) is 26.9 Å². The lowest BCUT2D eigenvalue weighted by molar-refractivity contribution is 0.415. The van der Waals surface area contributed by atoms with Crippen LogP contribution >= 0.6 is 22.9 Å². The first kappa shape index (κ1) is 20.2. The van der Waals surface area contributed by atoms with Gasteiger partial charge in [0.05, 0.1) is 23.7 Å². The van der Waals surface area contributed by atoms with E-state index in [-0.39, 0.29) is 5.56 Å². The van der Waals surface area contributed by atoms with E-state index in [0.717, 1.165) is 16.3 Å². The van der Waals surface area contributed by atoms with Gasteiger partial charge in [-0.05, 0) is 60.7 Å². The molecule has 2 aromatic heterocycles. The van der Waals surface area contributed by atoms with Gasteiger partial charge >= 0.3 is 0 Å². The Balaban J connectivity index is 1.58. The fourth-order valence-corrected chi connectivity index (χ4v) is 4.13. The third-order valence-electron chi connectivity index (χ3n) is 4.84. The molecular formula is C23H16ClN5O2S. The van der Waals surface area contributed by atoms with Crippen molar-refractivity contribution in [1.82, 2.24) is 19.7 Å². The van der Waals surface area contributed by atoms with Crippen LogP contribution in [0.5, 0.6) is 5.75 Å². The SMILES string of the molecule is COc1ccc(-c2nnc(Nc3nc4ccccc4c(=O)n3-c3ccc(Cl)cc3)s2)cc1. The first-order valence-corrected chi connectivity index (χ1v) is 10.8. The number of nitrogens with one attached hydrogen (secondary N) is 1. The fourth-order valence-electron chi connectivity index (χ4n) is 3.27. The lowest BCUT2D eigenvalue weighted by Gasteiger charge is -2.13. The zero-order valence-electron chi connectivity index (χ0n) is 16.8. The Morgan fingerprint density at radius 3 is 2.47 bits per heavy atom. The first-order chi connectivity index (χ1) is 15.6. The number of nitrogens with zero attached hydrogens (tertiary/aromatic N) is 4. The Labute approximate surface area is 191 Å². The van der Waals surface area contributed by atoms with Crippen LogP contribution in [0.15, 0.2) is 77.6 Å². The van der Waals surface area contributed by atoms with Gasteiger partial charge in [0.15, 0.2) is 0 Å². The van der Waals surface area contributed by atoms with E-state index in [4.69, 9.17) is 16.3 Å². The third-order valence-corrected chi connectivity index (χ3v) is 5.98. The highest BCUT2D eigenvalue weighted by atomic mass is 35.5. The quantitative estimate of drug-likeness (QED) is 0.382. The van der Waals surface area contributed by atoms with Crippen LogP contribution in [0.25, 0.3) is 27.2 Å². The molecule has 0 radical (unpaired) electrons. The third kappa shape index (κ3) is 3.81. The Bertz CT molecular complexity index is 1460. The number of aromatic nitrogens is 4. The number of benzene rings is 3. The van der Waals surface area contributed by atoms with Gasteiger partial charge in [-0.2, -0.15) is 0 Å². The van der Waals surface area contributed by atoms with E-state index in [1.54, 1.807) is 43.5 Å². The van der Waals surface area contributed by atoms with E-state index in [1.807, 2.05) is 36.4 Å². The molecule has 0 unspecified atom stereocenters. The largest absolute Gasteiger partial charge is 0.497 e. The summed E-state index contributed by atoms with van der Waals surface area (Å²) in [6.45, 7) is 0. The van der Waals surface area contributed by atoms with Crippen molar-refractivity contribution in [3.8, 4) is 22.0 Å². The fraction of sp³-hybridized carbons (Fsp3) is 0.0435. The number of methoxy groups -OCH3 is 1. The summed E-state index contributed by atoms with van der Waals surface area (Å²) in [6.07, 6.45) is 0. The van der Waals surface area contributed by atoms with Gasteiger partial charge in [0, 0.05) is 10.6 Å². The summed E-state index contributed by atoms with van der Waals surface area (Å²) in [4.78, 5) is 18.0. The summed E-state index contributed by atoms with van der Waals surface area (Å²) in [5.41, 5.74) is 1.95. The Morgan fingerprint density at radius 1 is 0.969 bits per heavy atom. The number of rotatable bonds is 5. The van der Waals surface area contributed by atoms with Crippen LogP contribution in [0, 0.1) is 0 Å². The van der Waals surface area contributed by atoms with Gasteiger partial charge in [0.25, 0.3) is 5.56 Å². The van der Waals surface area contributed by atoms with Crippen LogP contribution in [0.2, 0.25) is 5.02 Å². The summed E-state index contributed by atoms with van der Waals surface area (Å²) in [5, 5.41) is 14.0. The maximum Gasteiger partial charge on any atom is 0.267 e. The van der Waals surface area contributed by atoms with Crippen molar-refractivity contribution < 1.29 is 4.74 Å². The molecule has 5 rings (SSSR count). The van der Waals surface area contributed by atoms with Crippen molar-refractivity contribution in [2.45, 2.75) is 0 Å². The normalized spacial score (nSPS) is 10.9. The highest BCUT2D eigenvalue weighted by Crippen LogP contribution is 2.30. The van der Waals surface area contributed by atoms with Gasteiger partial charge in [-0.25, -0.2) is 9.55 Å². The van der Waals surface area contributed by atoms with Crippen molar-refractivity contribution in [3.05, 3.63) is 88.2 Å². The van der Waals surface area contributed by atoms with Crippen molar-refractivity contribution in [2.75, 3.05) is 12.4 Å². The number of halogens is 1. The first-order valence-electron chi connectivity index (χ1n) is 9.65. The second kappa shape index (κ2) is 8.41. The van der Waals surface area contributed by atoms with E-state index in [1.165, 1.54) is 15.9 Å². The molecular weight excluding hydrogens is 446 g/mol. The van der Waals surface area contributed by atoms with Crippen molar-refractivity contribution in [1.29, 1.82) is 0 Å². The summed E-state index contributed by atoms with van der Waals surface area (Å²) >= 11 is 7.40. The van der Waals surface area contributed by atoms with E-state index in [0.29, 0.717) is 32.7 Å². The molecule has 0 aliphatic carbocycles. The Kier molecular flexibility index (Phi) is 5.30. The molecule has 0 spiro atoms. The molecule has 0 saturated carbocycles. The summed E-state index contributed by atoms with van der Waals surface area (Å²) in [5.74, 6) is 1.11. The monoisotopic (exact) mass is 461 g/mol. The molecule has 0 atom stereocenters. The van der Waals surface area contributed by atoms with Gasteiger partial charge in [-0.15, -0.1) is 10.2 Å². The molecule has 1 N–H and O–H groups in total. The smallest absolute Gasteiger partial charge is 0.267 e. The Hall–Kier alpha value is -3.75. The van der Waals surface area contributed by atoms with Gasteiger partial charge in [-0.3, -0.25) is 10.1 Å². The molecule has 0 saturated heterocycles. The highest BCUT2D eigenvalue weighted by molar-refractivity contribution is 7.18. The van der Waals surface area contributed by atoms with E-state index in [9.17, 15) is 4.79 Å². The summed E-state index contributed by atoms with van der Waals surface area (Å²) < 4.78 is 6.71. The minimum Gasteiger partial charge on any atom is -0.497 e.